The highest BCUT2D eigenvalue weighted by atomic mass is 16.5. The number of carboxylic acids is 1. The van der Waals surface area contributed by atoms with Crippen molar-refractivity contribution in [3.05, 3.63) is 35.9 Å². The number of unbranched alkanes of at least 4 members (excludes halogenated alkanes) is 2. The van der Waals surface area contributed by atoms with Crippen molar-refractivity contribution in [2.75, 3.05) is 0 Å². The molecule has 104 valence electrons. The Balaban J connectivity index is 2.45. The number of benzene rings is 1. The summed E-state index contributed by atoms with van der Waals surface area (Å²) in [5.74, 6) is -0.110. The van der Waals surface area contributed by atoms with Crippen LogP contribution in [-0.2, 0) is 4.79 Å². The van der Waals surface area contributed by atoms with Gasteiger partial charge in [-0.05, 0) is 43.5 Å². The van der Waals surface area contributed by atoms with Gasteiger partial charge in [0.05, 0.1) is 6.10 Å². The van der Waals surface area contributed by atoms with Gasteiger partial charge in [0.25, 0.3) is 0 Å². The molecule has 0 aliphatic carbocycles. The maximum absolute atomic E-state index is 10.4. The van der Waals surface area contributed by atoms with Gasteiger partial charge < -0.3 is 9.84 Å². The van der Waals surface area contributed by atoms with Gasteiger partial charge in [0.1, 0.15) is 5.75 Å². The summed E-state index contributed by atoms with van der Waals surface area (Å²) in [5, 5.41) is 8.54. The summed E-state index contributed by atoms with van der Waals surface area (Å²) in [6.45, 7) is 4.27. The van der Waals surface area contributed by atoms with Crippen molar-refractivity contribution in [1.82, 2.24) is 0 Å². The highest BCUT2D eigenvalue weighted by Gasteiger charge is 2.03. The number of hydrogen-bond donors (Lipinski definition) is 1. The molecule has 0 aliphatic heterocycles. The van der Waals surface area contributed by atoms with Crippen LogP contribution >= 0.6 is 0 Å². The minimum Gasteiger partial charge on any atom is -0.491 e. The Morgan fingerprint density at radius 1 is 1.32 bits per heavy atom. The molecule has 0 saturated heterocycles. The molecule has 0 saturated carbocycles. The summed E-state index contributed by atoms with van der Waals surface area (Å²) in [5.41, 5.74) is 0.855. The molecule has 1 N–H and O–H groups in total. The molecule has 1 aromatic rings. The molecule has 1 rings (SSSR count). The Morgan fingerprint density at radius 3 is 2.58 bits per heavy atom. The van der Waals surface area contributed by atoms with E-state index < -0.39 is 5.97 Å². The van der Waals surface area contributed by atoms with Gasteiger partial charge in [-0.1, -0.05) is 31.9 Å². The Bertz CT molecular complexity index is 407. The zero-order chi connectivity index (χ0) is 14.1. The van der Waals surface area contributed by atoms with E-state index in [1.54, 1.807) is 6.08 Å². The maximum atomic E-state index is 10.4. The molecule has 0 aromatic heterocycles. The van der Waals surface area contributed by atoms with Crippen LogP contribution in [-0.4, -0.2) is 17.2 Å². The van der Waals surface area contributed by atoms with E-state index >= 15 is 0 Å². The van der Waals surface area contributed by atoms with Crippen LogP contribution in [0.1, 0.15) is 45.1 Å². The predicted molar refractivity (Wildman–Crippen MR) is 77.3 cm³/mol. The van der Waals surface area contributed by atoms with Crippen LogP contribution in [0, 0.1) is 0 Å². The van der Waals surface area contributed by atoms with E-state index in [1.165, 1.54) is 19.3 Å². The molecule has 0 fully saturated rings. The van der Waals surface area contributed by atoms with Gasteiger partial charge in [-0.3, -0.25) is 0 Å². The third-order valence-corrected chi connectivity index (χ3v) is 2.85. The lowest BCUT2D eigenvalue weighted by Gasteiger charge is -2.14. The van der Waals surface area contributed by atoms with Crippen LogP contribution < -0.4 is 4.74 Å². The molecule has 3 nitrogen and oxygen atoms in total. The van der Waals surface area contributed by atoms with Crippen molar-refractivity contribution in [3.8, 4) is 5.75 Å². The molecule has 1 atom stereocenters. The fraction of sp³-hybridized carbons (Fsp3) is 0.438. The fourth-order valence-electron chi connectivity index (χ4n) is 1.80. The standard InChI is InChI=1S/C16H22O3/c1-3-4-5-6-13(2)19-15-10-7-14(8-11-15)9-12-16(17)18/h7-13H,3-6H2,1-2H3,(H,17,18)/b12-9+. The average molecular weight is 262 g/mol. The van der Waals surface area contributed by atoms with Crippen LogP contribution in [0.25, 0.3) is 6.08 Å². The highest BCUT2D eigenvalue weighted by molar-refractivity contribution is 5.85. The number of hydrogen-bond acceptors (Lipinski definition) is 2. The summed E-state index contributed by atoms with van der Waals surface area (Å²) in [6.07, 6.45) is 7.63. The summed E-state index contributed by atoms with van der Waals surface area (Å²) in [7, 11) is 0. The van der Waals surface area contributed by atoms with E-state index in [1.807, 2.05) is 24.3 Å². The first kappa shape index (κ1) is 15.3. The number of carbonyl (C=O) groups is 1. The minimum atomic E-state index is -0.940. The summed E-state index contributed by atoms with van der Waals surface area (Å²) in [4.78, 5) is 10.4. The molecule has 0 aliphatic rings. The van der Waals surface area contributed by atoms with Crippen LogP contribution in [0.15, 0.2) is 30.3 Å². The average Bonchev–Trinajstić information content (AvgIpc) is 2.38. The Morgan fingerprint density at radius 2 is 2.00 bits per heavy atom. The van der Waals surface area contributed by atoms with Crippen LogP contribution in [0.5, 0.6) is 5.75 Å². The number of carboxylic acid groups (broad SMARTS) is 1. The summed E-state index contributed by atoms with van der Waals surface area (Å²) >= 11 is 0. The van der Waals surface area contributed by atoms with Crippen molar-refractivity contribution in [2.45, 2.75) is 45.6 Å². The summed E-state index contributed by atoms with van der Waals surface area (Å²) < 4.78 is 5.80. The van der Waals surface area contributed by atoms with Crippen LogP contribution in [0.4, 0.5) is 0 Å². The van der Waals surface area contributed by atoms with E-state index in [9.17, 15) is 4.79 Å². The Hall–Kier alpha value is -1.77. The number of aliphatic carboxylic acids is 1. The fourth-order valence-corrected chi connectivity index (χ4v) is 1.80. The molecule has 0 heterocycles. The lowest BCUT2D eigenvalue weighted by atomic mass is 10.1. The SMILES string of the molecule is CCCCCC(C)Oc1ccc(/C=C/C(=O)O)cc1. The monoisotopic (exact) mass is 262 g/mol. The van der Waals surface area contributed by atoms with Gasteiger partial charge >= 0.3 is 5.97 Å². The predicted octanol–water partition coefficient (Wildman–Crippen LogP) is 4.13. The van der Waals surface area contributed by atoms with E-state index in [2.05, 4.69) is 13.8 Å². The van der Waals surface area contributed by atoms with E-state index in [4.69, 9.17) is 9.84 Å². The molecule has 1 unspecified atom stereocenters. The smallest absolute Gasteiger partial charge is 0.328 e. The molecule has 3 heteroatoms. The van der Waals surface area contributed by atoms with Crippen LogP contribution in [0.2, 0.25) is 0 Å². The zero-order valence-electron chi connectivity index (χ0n) is 11.6. The van der Waals surface area contributed by atoms with Crippen molar-refractivity contribution >= 4 is 12.0 Å². The lowest BCUT2D eigenvalue weighted by molar-refractivity contribution is -0.131. The van der Waals surface area contributed by atoms with Gasteiger partial charge in [-0.2, -0.15) is 0 Å². The highest BCUT2D eigenvalue weighted by Crippen LogP contribution is 2.16. The van der Waals surface area contributed by atoms with Gasteiger partial charge in [0.2, 0.25) is 0 Å². The molecule has 19 heavy (non-hydrogen) atoms. The minimum absolute atomic E-state index is 0.215. The van der Waals surface area contributed by atoms with Gasteiger partial charge in [0, 0.05) is 6.08 Å². The Labute approximate surface area is 114 Å². The first-order chi connectivity index (χ1) is 9.11. The van der Waals surface area contributed by atoms with E-state index in [-0.39, 0.29) is 6.10 Å². The quantitative estimate of drug-likeness (QED) is 0.566. The lowest BCUT2D eigenvalue weighted by Crippen LogP contribution is -2.11. The zero-order valence-corrected chi connectivity index (χ0v) is 11.6. The molecule has 0 spiro atoms. The topological polar surface area (TPSA) is 46.5 Å². The molecule has 0 radical (unpaired) electrons. The van der Waals surface area contributed by atoms with Crippen molar-refractivity contribution < 1.29 is 14.6 Å². The first-order valence-corrected chi connectivity index (χ1v) is 6.79. The summed E-state index contributed by atoms with van der Waals surface area (Å²) in [6, 6.07) is 7.46. The number of ether oxygens (including phenoxy) is 1. The maximum Gasteiger partial charge on any atom is 0.328 e. The van der Waals surface area contributed by atoms with Crippen molar-refractivity contribution in [3.63, 3.8) is 0 Å². The van der Waals surface area contributed by atoms with E-state index in [0.717, 1.165) is 23.8 Å². The molecule has 0 amide bonds. The van der Waals surface area contributed by atoms with Crippen molar-refractivity contribution in [1.29, 1.82) is 0 Å². The van der Waals surface area contributed by atoms with Gasteiger partial charge in [-0.25, -0.2) is 4.79 Å². The first-order valence-electron chi connectivity index (χ1n) is 6.79. The molecular weight excluding hydrogens is 240 g/mol. The Kier molecular flexibility index (Phi) is 6.72. The second-order valence-corrected chi connectivity index (χ2v) is 4.66. The van der Waals surface area contributed by atoms with Crippen molar-refractivity contribution in [2.24, 2.45) is 0 Å². The second-order valence-electron chi connectivity index (χ2n) is 4.66. The number of rotatable bonds is 8. The largest absolute Gasteiger partial charge is 0.491 e. The third kappa shape index (κ3) is 6.65. The normalized spacial score (nSPS) is 12.5. The van der Waals surface area contributed by atoms with Gasteiger partial charge in [-0.15, -0.1) is 0 Å². The third-order valence-electron chi connectivity index (χ3n) is 2.85. The van der Waals surface area contributed by atoms with E-state index in [0.29, 0.717) is 0 Å². The molecule has 1 aromatic carbocycles. The molecule has 0 bridgehead atoms. The van der Waals surface area contributed by atoms with Gasteiger partial charge in [0.15, 0.2) is 0 Å². The van der Waals surface area contributed by atoms with Crippen LogP contribution in [0.3, 0.4) is 0 Å². The second kappa shape index (κ2) is 8.35. The molecular formula is C16H22O3.